The van der Waals surface area contributed by atoms with E-state index in [1.54, 1.807) is 0 Å². The Hall–Kier alpha value is -0.473. The Labute approximate surface area is 98.1 Å². The molecule has 0 aliphatic carbocycles. The molecule has 0 heterocycles. The minimum Gasteiger partial charge on any atom is -1.00 e. The van der Waals surface area contributed by atoms with Gasteiger partial charge in [0.15, 0.2) is 0 Å². The third kappa shape index (κ3) is 144. The van der Waals surface area contributed by atoms with Crippen LogP contribution in [0.3, 0.4) is 0 Å². The molecule has 92 valence electrons. The summed E-state index contributed by atoms with van der Waals surface area (Å²) in [4.78, 5) is 39.8. The van der Waals surface area contributed by atoms with Gasteiger partial charge in [-0.15, -0.1) is 0 Å². The quantitative estimate of drug-likeness (QED) is 0.115. The van der Waals surface area contributed by atoms with Crippen LogP contribution in [-0.4, -0.2) is 36.8 Å². The molecule has 0 aromatic heterocycles. The second kappa shape index (κ2) is 16.0. The summed E-state index contributed by atoms with van der Waals surface area (Å²) >= 11 is 0. The Kier molecular flexibility index (Phi) is 38.9. The van der Waals surface area contributed by atoms with E-state index in [0.717, 1.165) is 0 Å². The fourth-order valence-electron chi connectivity index (χ4n) is 0. The maximum absolute atomic E-state index is 9.10. The van der Waals surface area contributed by atoms with Crippen molar-refractivity contribution in [3.8, 4) is 0 Å². The first-order valence-corrected chi connectivity index (χ1v) is 3.45. The number of rotatable bonds is 0. The molecule has 0 rings (SSSR count). The van der Waals surface area contributed by atoms with Crippen molar-refractivity contribution in [3.05, 3.63) is 0 Å². The molecule has 0 amide bonds. The summed E-state index contributed by atoms with van der Waals surface area (Å²) < 4.78 is 8.88. The van der Waals surface area contributed by atoms with E-state index in [9.17, 15) is 0 Å². The smallest absolute Gasteiger partial charge is 1.00 e. The maximum Gasteiger partial charge on any atom is 1.00 e. The minimum absolute atomic E-state index is 0. The number of carbonyl (C=O) groups is 2. The molecule has 0 saturated heterocycles. The Morgan fingerprint density at radius 3 is 0.933 bits per heavy atom. The summed E-state index contributed by atoms with van der Waals surface area (Å²) in [6.45, 7) is 0. The molecule has 0 saturated carbocycles. The van der Waals surface area contributed by atoms with Crippen LogP contribution >= 0.6 is 7.82 Å². The van der Waals surface area contributed by atoms with Crippen molar-refractivity contribution >= 4 is 19.8 Å². The predicted octanol–water partition coefficient (Wildman–Crippen LogP) is -4.17. The molecular formula is C2H15LiN3O8P. The van der Waals surface area contributed by atoms with Gasteiger partial charge in [-0.1, -0.05) is 0 Å². The Bertz CT molecular complexity index is 189. The topological polar surface area (TPSA) is 257 Å². The zero-order valence-electron chi connectivity index (χ0n) is 9.03. The molecular weight excluding hydrogens is 232 g/mol. The number of aliphatic carboxylic acids is 2. The Morgan fingerprint density at radius 2 is 0.933 bits per heavy atom. The van der Waals surface area contributed by atoms with Crippen molar-refractivity contribution in [3.63, 3.8) is 0 Å². The van der Waals surface area contributed by atoms with Crippen LogP contribution in [0.2, 0.25) is 0 Å². The SMILES string of the molecule is N.N.N.O=C(O)C(=O)O.O=P(O)(O)O.[H-].[Li+]. The summed E-state index contributed by atoms with van der Waals surface area (Å²) in [6, 6.07) is 0. The molecule has 0 atom stereocenters. The minimum atomic E-state index is -4.64. The fraction of sp³-hybridized carbons (Fsp3) is 0. The average molecular weight is 247 g/mol. The van der Waals surface area contributed by atoms with Gasteiger partial charge in [0.1, 0.15) is 0 Å². The van der Waals surface area contributed by atoms with Gasteiger partial charge in [-0.2, -0.15) is 0 Å². The number of hydrogen-bond donors (Lipinski definition) is 8. The van der Waals surface area contributed by atoms with Crippen LogP contribution in [0.5, 0.6) is 0 Å². The average Bonchev–Trinajstić information content (AvgIpc) is 1.59. The predicted molar refractivity (Wildman–Crippen MR) is 45.7 cm³/mol. The van der Waals surface area contributed by atoms with Crippen LogP contribution in [0.4, 0.5) is 0 Å². The van der Waals surface area contributed by atoms with Gasteiger partial charge < -0.3 is 44.8 Å². The zero-order valence-corrected chi connectivity index (χ0v) is 8.92. The maximum atomic E-state index is 9.10. The van der Waals surface area contributed by atoms with Gasteiger partial charge in [0.2, 0.25) is 0 Å². The van der Waals surface area contributed by atoms with Crippen LogP contribution in [0.1, 0.15) is 1.43 Å². The van der Waals surface area contributed by atoms with Gasteiger partial charge in [-0.05, 0) is 0 Å². The van der Waals surface area contributed by atoms with Crippen LogP contribution < -0.4 is 37.3 Å². The van der Waals surface area contributed by atoms with Crippen LogP contribution in [-0.2, 0) is 14.2 Å². The number of carboxylic acid groups (broad SMARTS) is 2. The molecule has 0 bridgehead atoms. The molecule has 0 aromatic rings. The van der Waals surface area contributed by atoms with Crippen LogP contribution in [0.25, 0.3) is 0 Å². The van der Waals surface area contributed by atoms with Crippen molar-refractivity contribution in [1.29, 1.82) is 0 Å². The third-order valence-electron chi connectivity index (χ3n) is 0.183. The summed E-state index contributed by atoms with van der Waals surface area (Å²) in [7, 11) is -4.64. The summed E-state index contributed by atoms with van der Waals surface area (Å²) in [5.41, 5.74) is 0. The van der Waals surface area contributed by atoms with Gasteiger partial charge in [0.25, 0.3) is 0 Å². The molecule has 0 radical (unpaired) electrons. The molecule has 11 nitrogen and oxygen atoms in total. The first-order chi connectivity index (χ1) is 4.64. The van der Waals surface area contributed by atoms with E-state index in [2.05, 4.69) is 0 Å². The van der Waals surface area contributed by atoms with E-state index < -0.39 is 19.8 Å². The third-order valence-corrected chi connectivity index (χ3v) is 0.183. The van der Waals surface area contributed by atoms with E-state index >= 15 is 0 Å². The van der Waals surface area contributed by atoms with E-state index in [1.807, 2.05) is 0 Å². The summed E-state index contributed by atoms with van der Waals surface area (Å²) in [5, 5.41) is 14.8. The van der Waals surface area contributed by atoms with Gasteiger partial charge in [0.05, 0.1) is 0 Å². The van der Waals surface area contributed by atoms with Crippen LogP contribution in [0, 0.1) is 0 Å². The normalized spacial score (nSPS) is 6.87. The van der Waals surface area contributed by atoms with Gasteiger partial charge in [-0.25, -0.2) is 14.2 Å². The first-order valence-electron chi connectivity index (χ1n) is 1.89. The van der Waals surface area contributed by atoms with Gasteiger partial charge in [-0.3, -0.25) is 0 Å². The first kappa shape index (κ1) is 36.6. The standard InChI is InChI=1S/C2H2O4.Li.3H3N.H3O4P.H/c3-1(4)2(5)6;;;;;1-5(2,3)4;/h(H,3,4)(H,5,6);;3*1H3;(H3,1,2,3,4);/q;+1;;;;;-1. The molecule has 0 aromatic carbocycles. The van der Waals surface area contributed by atoms with Crippen molar-refractivity contribution < 1.29 is 59.3 Å². The number of carboxylic acids is 2. The fourth-order valence-corrected chi connectivity index (χ4v) is 0. The van der Waals surface area contributed by atoms with Crippen molar-refractivity contribution in [2.24, 2.45) is 0 Å². The van der Waals surface area contributed by atoms with Crippen molar-refractivity contribution in [1.82, 2.24) is 18.5 Å². The van der Waals surface area contributed by atoms with E-state index in [-0.39, 0.29) is 38.7 Å². The zero-order chi connectivity index (χ0) is 9.65. The Balaban J connectivity index is -0.0000000155. The van der Waals surface area contributed by atoms with E-state index in [0.29, 0.717) is 0 Å². The van der Waals surface area contributed by atoms with E-state index in [1.165, 1.54) is 0 Å². The van der Waals surface area contributed by atoms with Crippen molar-refractivity contribution in [2.75, 3.05) is 0 Å². The molecule has 0 fully saturated rings. The molecule has 15 heavy (non-hydrogen) atoms. The molecule has 0 aliphatic rings. The molecule has 13 heteroatoms. The number of hydrogen-bond acceptors (Lipinski definition) is 6. The summed E-state index contributed by atoms with van der Waals surface area (Å²) in [6.07, 6.45) is 0. The molecule has 0 spiro atoms. The monoisotopic (exact) mass is 247 g/mol. The van der Waals surface area contributed by atoms with Gasteiger partial charge >= 0.3 is 38.6 Å². The van der Waals surface area contributed by atoms with Crippen molar-refractivity contribution in [2.45, 2.75) is 0 Å². The Morgan fingerprint density at radius 1 is 0.867 bits per heavy atom. The number of phosphoric acid groups is 1. The molecule has 0 unspecified atom stereocenters. The molecule has 14 N–H and O–H groups in total. The van der Waals surface area contributed by atoms with Crippen LogP contribution in [0.15, 0.2) is 0 Å². The second-order valence-corrected chi connectivity index (χ2v) is 2.15. The second-order valence-electron chi connectivity index (χ2n) is 1.12. The summed E-state index contributed by atoms with van der Waals surface area (Å²) in [5.74, 6) is -3.65. The van der Waals surface area contributed by atoms with E-state index in [4.69, 9.17) is 39.0 Å². The largest absolute Gasteiger partial charge is 1.00 e. The molecule has 0 aliphatic heterocycles. The van der Waals surface area contributed by atoms with Gasteiger partial charge in [0, 0.05) is 0 Å².